The van der Waals surface area contributed by atoms with E-state index in [-0.39, 0.29) is 6.61 Å². The van der Waals surface area contributed by atoms with E-state index in [1.165, 1.54) is 16.2 Å². The number of furan rings is 1. The number of aliphatic hydroxyl groups is 1. The van der Waals surface area contributed by atoms with Crippen molar-refractivity contribution in [3.8, 4) is 17.1 Å². The normalized spacial score (nSPS) is 11.4. The molecule has 0 saturated carbocycles. The van der Waals surface area contributed by atoms with E-state index < -0.39 is 0 Å². The summed E-state index contributed by atoms with van der Waals surface area (Å²) in [5, 5.41) is 13.0. The molecular formula is C23H17NO2. The average molecular weight is 339 g/mol. The molecule has 2 aromatic heterocycles. The Hall–Kier alpha value is -3.30. The van der Waals surface area contributed by atoms with Crippen LogP contribution < -0.4 is 0 Å². The highest BCUT2D eigenvalue weighted by Gasteiger charge is 2.16. The number of rotatable bonds is 3. The van der Waals surface area contributed by atoms with Gasteiger partial charge in [-0.2, -0.15) is 0 Å². The molecule has 0 amide bonds. The van der Waals surface area contributed by atoms with Crippen molar-refractivity contribution in [2.75, 3.05) is 0 Å². The van der Waals surface area contributed by atoms with Gasteiger partial charge >= 0.3 is 0 Å². The molecule has 0 spiro atoms. The SMILES string of the molecule is OCc1ccc(-n2c(-c3ccccc3)cc3c4ccccc4ccc32)o1. The predicted octanol–water partition coefficient (Wildman–Crippen LogP) is 5.54. The summed E-state index contributed by atoms with van der Waals surface area (Å²) >= 11 is 0. The van der Waals surface area contributed by atoms with E-state index in [4.69, 9.17) is 4.42 Å². The molecule has 0 saturated heterocycles. The van der Waals surface area contributed by atoms with Gasteiger partial charge in [-0.3, -0.25) is 4.57 Å². The highest BCUT2D eigenvalue weighted by Crippen LogP contribution is 2.35. The van der Waals surface area contributed by atoms with Crippen molar-refractivity contribution in [1.29, 1.82) is 0 Å². The smallest absolute Gasteiger partial charge is 0.204 e. The molecule has 2 heterocycles. The Labute approximate surface area is 150 Å². The Bertz CT molecular complexity index is 1220. The minimum absolute atomic E-state index is 0.108. The summed E-state index contributed by atoms with van der Waals surface area (Å²) < 4.78 is 7.99. The second-order valence-electron chi connectivity index (χ2n) is 6.35. The minimum Gasteiger partial charge on any atom is -0.442 e. The van der Waals surface area contributed by atoms with Crippen LogP contribution in [0.5, 0.6) is 0 Å². The Morgan fingerprint density at radius 3 is 2.38 bits per heavy atom. The molecule has 0 aliphatic carbocycles. The van der Waals surface area contributed by atoms with Crippen molar-refractivity contribution in [2.45, 2.75) is 6.61 Å². The van der Waals surface area contributed by atoms with Gasteiger partial charge in [-0.05, 0) is 34.5 Å². The number of fused-ring (bicyclic) bond motifs is 3. The van der Waals surface area contributed by atoms with E-state index in [0.29, 0.717) is 11.6 Å². The van der Waals surface area contributed by atoms with Crippen LogP contribution in [0, 0.1) is 0 Å². The van der Waals surface area contributed by atoms with Crippen molar-refractivity contribution in [3.63, 3.8) is 0 Å². The summed E-state index contributed by atoms with van der Waals surface area (Å²) in [6.07, 6.45) is 0. The third-order valence-electron chi connectivity index (χ3n) is 4.80. The first-order valence-electron chi connectivity index (χ1n) is 8.64. The van der Waals surface area contributed by atoms with E-state index in [1.54, 1.807) is 0 Å². The molecule has 26 heavy (non-hydrogen) atoms. The second-order valence-corrected chi connectivity index (χ2v) is 6.35. The van der Waals surface area contributed by atoms with Crippen molar-refractivity contribution < 1.29 is 9.52 Å². The number of nitrogens with zero attached hydrogens (tertiary/aromatic N) is 1. The van der Waals surface area contributed by atoms with Crippen LogP contribution >= 0.6 is 0 Å². The maximum absolute atomic E-state index is 9.39. The molecule has 3 heteroatoms. The van der Waals surface area contributed by atoms with Gasteiger partial charge in [0.25, 0.3) is 0 Å². The quantitative estimate of drug-likeness (QED) is 0.469. The zero-order chi connectivity index (χ0) is 17.5. The Morgan fingerprint density at radius 1 is 0.769 bits per heavy atom. The van der Waals surface area contributed by atoms with Gasteiger partial charge in [-0.15, -0.1) is 0 Å². The molecule has 0 bridgehead atoms. The summed E-state index contributed by atoms with van der Waals surface area (Å²) in [6, 6.07) is 28.9. The molecule has 5 aromatic rings. The Kier molecular flexibility index (Phi) is 3.40. The van der Waals surface area contributed by atoms with E-state index in [1.807, 2.05) is 30.3 Å². The van der Waals surface area contributed by atoms with Crippen LogP contribution in [-0.2, 0) is 6.61 Å². The van der Waals surface area contributed by atoms with Crippen molar-refractivity contribution in [2.24, 2.45) is 0 Å². The highest BCUT2D eigenvalue weighted by atomic mass is 16.4. The topological polar surface area (TPSA) is 38.3 Å². The largest absolute Gasteiger partial charge is 0.442 e. The van der Waals surface area contributed by atoms with Gasteiger partial charge in [-0.1, -0.05) is 60.7 Å². The first-order chi connectivity index (χ1) is 12.8. The van der Waals surface area contributed by atoms with Crippen molar-refractivity contribution in [3.05, 3.63) is 90.7 Å². The Morgan fingerprint density at radius 2 is 1.58 bits per heavy atom. The molecule has 0 aliphatic heterocycles. The molecule has 126 valence electrons. The van der Waals surface area contributed by atoms with Gasteiger partial charge < -0.3 is 9.52 Å². The molecular weight excluding hydrogens is 322 g/mol. The van der Waals surface area contributed by atoms with Gasteiger partial charge in [0.1, 0.15) is 12.4 Å². The number of hydrogen-bond acceptors (Lipinski definition) is 2. The van der Waals surface area contributed by atoms with E-state index >= 15 is 0 Å². The lowest BCUT2D eigenvalue weighted by Gasteiger charge is -2.08. The molecule has 0 unspecified atom stereocenters. The molecule has 5 rings (SSSR count). The van der Waals surface area contributed by atoms with Crippen LogP contribution in [0.25, 0.3) is 38.8 Å². The van der Waals surface area contributed by atoms with Gasteiger partial charge in [0.05, 0.1) is 11.2 Å². The zero-order valence-corrected chi connectivity index (χ0v) is 14.1. The molecule has 0 radical (unpaired) electrons. The summed E-state index contributed by atoms with van der Waals surface area (Å²) in [5.74, 6) is 1.26. The molecule has 1 N–H and O–H groups in total. The van der Waals surface area contributed by atoms with Crippen LogP contribution in [-0.4, -0.2) is 9.67 Å². The van der Waals surface area contributed by atoms with Gasteiger partial charge in [0.15, 0.2) is 0 Å². The monoisotopic (exact) mass is 339 g/mol. The standard InChI is InChI=1S/C23H17NO2/c25-15-18-11-13-23(26-18)24-21-12-10-16-6-4-5-9-19(16)20(21)14-22(24)17-7-2-1-3-8-17/h1-14,25H,15H2. The average Bonchev–Trinajstić information content (AvgIpc) is 3.33. The Balaban J connectivity index is 1.89. The fourth-order valence-corrected chi connectivity index (χ4v) is 3.59. The summed E-state index contributed by atoms with van der Waals surface area (Å²) in [7, 11) is 0. The number of hydrogen-bond donors (Lipinski definition) is 1. The van der Waals surface area contributed by atoms with Crippen LogP contribution in [0.1, 0.15) is 5.76 Å². The van der Waals surface area contributed by atoms with E-state index in [9.17, 15) is 5.11 Å². The summed E-state index contributed by atoms with van der Waals surface area (Å²) in [6.45, 7) is -0.108. The fourth-order valence-electron chi connectivity index (χ4n) is 3.59. The van der Waals surface area contributed by atoms with Crippen LogP contribution in [0.3, 0.4) is 0 Å². The van der Waals surface area contributed by atoms with E-state index in [0.717, 1.165) is 16.8 Å². The van der Waals surface area contributed by atoms with Crippen molar-refractivity contribution in [1.82, 2.24) is 4.57 Å². The lowest BCUT2D eigenvalue weighted by atomic mass is 10.1. The third kappa shape index (κ3) is 2.25. The van der Waals surface area contributed by atoms with Gasteiger partial charge in [-0.25, -0.2) is 0 Å². The molecule has 0 atom stereocenters. The first kappa shape index (κ1) is 15.0. The van der Waals surface area contributed by atoms with Crippen LogP contribution in [0.2, 0.25) is 0 Å². The summed E-state index contributed by atoms with van der Waals surface area (Å²) in [4.78, 5) is 0. The second kappa shape index (κ2) is 5.90. The minimum atomic E-state index is -0.108. The molecule has 0 aliphatic rings. The molecule has 0 fully saturated rings. The number of benzene rings is 3. The van der Waals surface area contributed by atoms with Crippen molar-refractivity contribution >= 4 is 21.7 Å². The number of aromatic nitrogens is 1. The predicted molar refractivity (Wildman–Crippen MR) is 104 cm³/mol. The lowest BCUT2D eigenvalue weighted by Crippen LogP contribution is -1.95. The molecule has 3 nitrogen and oxygen atoms in total. The van der Waals surface area contributed by atoms with Gasteiger partial charge in [0.2, 0.25) is 5.88 Å². The maximum Gasteiger partial charge on any atom is 0.204 e. The summed E-state index contributed by atoms with van der Waals surface area (Å²) in [5.41, 5.74) is 3.27. The number of aliphatic hydroxyl groups excluding tert-OH is 1. The fraction of sp³-hybridized carbons (Fsp3) is 0.0435. The van der Waals surface area contributed by atoms with Crippen LogP contribution in [0.15, 0.2) is 89.3 Å². The maximum atomic E-state index is 9.39. The van der Waals surface area contributed by atoms with Gasteiger partial charge in [0, 0.05) is 11.5 Å². The third-order valence-corrected chi connectivity index (χ3v) is 4.80. The van der Waals surface area contributed by atoms with Crippen LogP contribution in [0.4, 0.5) is 0 Å². The molecule has 3 aromatic carbocycles. The highest BCUT2D eigenvalue weighted by molar-refractivity contribution is 6.09. The lowest BCUT2D eigenvalue weighted by molar-refractivity contribution is 0.246. The first-order valence-corrected chi connectivity index (χ1v) is 8.64. The zero-order valence-electron chi connectivity index (χ0n) is 14.1. The van der Waals surface area contributed by atoms with E-state index in [2.05, 4.69) is 59.2 Å².